The van der Waals surface area contributed by atoms with Gasteiger partial charge in [0.1, 0.15) is 5.82 Å². The van der Waals surface area contributed by atoms with Gasteiger partial charge < -0.3 is 15.5 Å². The van der Waals surface area contributed by atoms with Crippen molar-refractivity contribution in [3.63, 3.8) is 0 Å². The number of halogens is 1. The number of thioether (sulfide) groups is 1. The second kappa shape index (κ2) is 11.0. The van der Waals surface area contributed by atoms with Gasteiger partial charge in [0.15, 0.2) is 0 Å². The zero-order valence-electron chi connectivity index (χ0n) is 18.2. The van der Waals surface area contributed by atoms with Gasteiger partial charge in [0.25, 0.3) is 0 Å². The van der Waals surface area contributed by atoms with Crippen LogP contribution in [-0.2, 0) is 0 Å². The summed E-state index contributed by atoms with van der Waals surface area (Å²) < 4.78 is 0. The Bertz CT molecular complexity index is 993. The van der Waals surface area contributed by atoms with Crippen LogP contribution in [-0.4, -0.2) is 53.1 Å². The summed E-state index contributed by atoms with van der Waals surface area (Å²) in [6.45, 7) is 6.06. The van der Waals surface area contributed by atoms with Gasteiger partial charge in [-0.05, 0) is 36.4 Å². The van der Waals surface area contributed by atoms with Crippen LogP contribution in [0.5, 0.6) is 0 Å². The molecule has 1 atom stereocenters. The topological polar surface area (TPSA) is 71.2 Å². The number of nitrogen functional groups attached to an aromatic ring is 1. The number of rotatable bonds is 7. The zero-order valence-corrected chi connectivity index (χ0v) is 19.8. The van der Waals surface area contributed by atoms with E-state index in [1.807, 2.05) is 11.8 Å². The van der Waals surface area contributed by atoms with Gasteiger partial charge in [-0.25, -0.2) is 0 Å². The lowest BCUT2D eigenvalue weighted by Gasteiger charge is -2.32. The minimum Gasteiger partial charge on any atom is -0.368 e. The molecule has 1 fully saturated rings. The van der Waals surface area contributed by atoms with Crippen molar-refractivity contribution in [2.24, 2.45) is 0 Å². The molecule has 1 aromatic heterocycles. The molecule has 166 valence electrons. The first-order valence-corrected chi connectivity index (χ1v) is 11.6. The summed E-state index contributed by atoms with van der Waals surface area (Å²) in [6.07, 6.45) is 3.28. The maximum atomic E-state index is 6.12. The Labute approximate surface area is 195 Å². The minimum atomic E-state index is 0. The molecule has 3 aromatic rings. The van der Waals surface area contributed by atoms with E-state index in [1.165, 1.54) is 15.7 Å². The summed E-state index contributed by atoms with van der Waals surface area (Å²) >= 11 is 1.83. The fourth-order valence-electron chi connectivity index (χ4n) is 3.72. The van der Waals surface area contributed by atoms with Crippen molar-refractivity contribution < 1.29 is 0 Å². The molecule has 1 aliphatic heterocycles. The average Bonchev–Trinajstić information content (AvgIpc) is 2.76. The van der Waals surface area contributed by atoms with Crippen molar-refractivity contribution in [3.8, 4) is 0 Å². The highest BCUT2D eigenvalue weighted by Gasteiger charge is 2.22. The largest absolute Gasteiger partial charge is 0.368 e. The second-order valence-corrected chi connectivity index (χ2v) is 9.18. The van der Waals surface area contributed by atoms with Gasteiger partial charge in [0, 0.05) is 31.1 Å². The summed E-state index contributed by atoms with van der Waals surface area (Å²) in [5, 5.41) is 2.67. The van der Waals surface area contributed by atoms with Crippen LogP contribution < -0.4 is 10.6 Å². The van der Waals surface area contributed by atoms with E-state index in [4.69, 9.17) is 10.7 Å². The maximum absolute atomic E-state index is 6.12. The lowest BCUT2D eigenvalue weighted by atomic mass is 10.1. The molecule has 1 saturated heterocycles. The summed E-state index contributed by atoms with van der Waals surface area (Å²) in [6, 6.07) is 15.1. The second-order valence-electron chi connectivity index (χ2n) is 7.90. The first-order chi connectivity index (χ1) is 14.6. The van der Waals surface area contributed by atoms with Crippen molar-refractivity contribution >= 4 is 46.8 Å². The zero-order chi connectivity index (χ0) is 20.9. The highest BCUT2D eigenvalue weighted by atomic mass is 35.5. The van der Waals surface area contributed by atoms with Gasteiger partial charge in [-0.1, -0.05) is 50.1 Å². The van der Waals surface area contributed by atoms with E-state index < -0.39 is 0 Å². The molecule has 31 heavy (non-hydrogen) atoms. The molecule has 1 aliphatic rings. The molecule has 0 radical (unpaired) electrons. The van der Waals surface area contributed by atoms with Crippen LogP contribution >= 0.6 is 24.2 Å². The number of nitrogens with zero attached hydrogens (tertiary/aromatic N) is 5. The van der Waals surface area contributed by atoms with Crippen LogP contribution in [0.15, 0.2) is 47.4 Å². The molecule has 0 saturated carbocycles. The highest BCUT2D eigenvalue weighted by Crippen LogP contribution is 2.39. The molecule has 8 heteroatoms. The summed E-state index contributed by atoms with van der Waals surface area (Å²) in [5.41, 5.74) is 6.12. The lowest BCUT2D eigenvalue weighted by Crippen LogP contribution is -2.45. The molecule has 0 spiro atoms. The standard InChI is InChI=1S/C23H30N6S.ClH/c1-3-4-9-20(30-19-11-10-17-7-5-6-8-18(17)16-19)21-25-22(24)27-23(26-21)29-14-12-28(2)13-15-29;/h5-8,10-11,16,20H,3-4,9,12-15H2,1-2H3,(H2,24,25,26,27);1H. The van der Waals surface area contributed by atoms with Crippen LogP contribution in [0.3, 0.4) is 0 Å². The van der Waals surface area contributed by atoms with Crippen molar-refractivity contribution in [1.82, 2.24) is 19.9 Å². The Hall–Kier alpha value is -2.09. The number of hydrogen-bond donors (Lipinski definition) is 1. The normalized spacial score (nSPS) is 15.6. The number of anilines is 2. The molecule has 1 unspecified atom stereocenters. The van der Waals surface area contributed by atoms with Gasteiger partial charge in [-0.3, -0.25) is 0 Å². The number of aromatic nitrogens is 3. The lowest BCUT2D eigenvalue weighted by molar-refractivity contribution is 0.311. The van der Waals surface area contributed by atoms with Crippen LogP contribution in [0.25, 0.3) is 10.8 Å². The van der Waals surface area contributed by atoms with Crippen molar-refractivity contribution in [3.05, 3.63) is 48.3 Å². The summed E-state index contributed by atoms with van der Waals surface area (Å²) in [7, 11) is 2.14. The molecular weight excluding hydrogens is 428 g/mol. The minimum absolute atomic E-state index is 0. The van der Waals surface area contributed by atoms with E-state index in [0.717, 1.165) is 51.3 Å². The van der Waals surface area contributed by atoms with E-state index in [2.05, 4.69) is 76.2 Å². The molecule has 0 amide bonds. The predicted octanol–water partition coefficient (Wildman–Crippen LogP) is 4.80. The molecule has 2 heterocycles. The molecule has 0 bridgehead atoms. The summed E-state index contributed by atoms with van der Waals surface area (Å²) in [5.74, 6) is 1.82. The van der Waals surface area contributed by atoms with E-state index in [1.54, 1.807) is 0 Å². The molecule has 4 rings (SSSR count). The van der Waals surface area contributed by atoms with Gasteiger partial charge in [0.05, 0.1) is 5.25 Å². The van der Waals surface area contributed by atoms with Crippen LogP contribution in [0.4, 0.5) is 11.9 Å². The maximum Gasteiger partial charge on any atom is 0.230 e. The summed E-state index contributed by atoms with van der Waals surface area (Å²) in [4.78, 5) is 19.7. The first kappa shape index (κ1) is 23.6. The molecular formula is C23H31ClN6S. The highest BCUT2D eigenvalue weighted by molar-refractivity contribution is 7.99. The van der Waals surface area contributed by atoms with Crippen molar-refractivity contribution in [2.75, 3.05) is 43.9 Å². The third kappa shape index (κ3) is 5.99. The van der Waals surface area contributed by atoms with E-state index in [0.29, 0.717) is 11.9 Å². The van der Waals surface area contributed by atoms with Gasteiger partial charge in [-0.2, -0.15) is 15.0 Å². The number of piperazine rings is 1. The number of fused-ring (bicyclic) bond motifs is 1. The Morgan fingerprint density at radius 1 is 1.00 bits per heavy atom. The molecule has 2 aromatic carbocycles. The Morgan fingerprint density at radius 2 is 1.74 bits per heavy atom. The van der Waals surface area contributed by atoms with E-state index >= 15 is 0 Å². The smallest absolute Gasteiger partial charge is 0.230 e. The number of hydrogen-bond acceptors (Lipinski definition) is 7. The molecule has 0 aliphatic carbocycles. The third-order valence-corrected chi connectivity index (χ3v) is 6.81. The van der Waals surface area contributed by atoms with Gasteiger partial charge >= 0.3 is 0 Å². The quantitative estimate of drug-likeness (QED) is 0.509. The van der Waals surface area contributed by atoms with Crippen LogP contribution in [0.1, 0.15) is 37.3 Å². The Morgan fingerprint density at radius 3 is 2.48 bits per heavy atom. The van der Waals surface area contributed by atoms with Gasteiger partial charge in [-0.15, -0.1) is 24.2 Å². The fourth-order valence-corrected chi connectivity index (χ4v) is 4.89. The Kier molecular flexibility index (Phi) is 8.35. The monoisotopic (exact) mass is 458 g/mol. The SMILES string of the molecule is CCCCC(Sc1ccc2ccccc2c1)c1nc(N)nc(N2CCN(C)CC2)n1.Cl. The number of nitrogens with two attached hydrogens (primary N) is 1. The van der Waals surface area contributed by atoms with Crippen molar-refractivity contribution in [2.45, 2.75) is 36.3 Å². The third-order valence-electron chi connectivity index (χ3n) is 5.55. The number of likely N-dealkylation sites (N-methyl/N-ethyl adjacent to an activating group) is 1. The van der Waals surface area contributed by atoms with Crippen LogP contribution in [0.2, 0.25) is 0 Å². The van der Waals surface area contributed by atoms with Gasteiger partial charge in [0.2, 0.25) is 11.9 Å². The van der Waals surface area contributed by atoms with E-state index in [9.17, 15) is 0 Å². The van der Waals surface area contributed by atoms with Crippen LogP contribution in [0, 0.1) is 0 Å². The predicted molar refractivity (Wildman–Crippen MR) is 133 cm³/mol. The fraction of sp³-hybridized carbons (Fsp3) is 0.435. The number of benzene rings is 2. The average molecular weight is 459 g/mol. The van der Waals surface area contributed by atoms with Crippen molar-refractivity contribution in [1.29, 1.82) is 0 Å². The molecule has 6 nitrogen and oxygen atoms in total. The van der Waals surface area contributed by atoms with E-state index in [-0.39, 0.29) is 17.7 Å². The molecule has 2 N–H and O–H groups in total. The first-order valence-electron chi connectivity index (χ1n) is 10.7. The number of unbranched alkanes of at least 4 members (excludes halogenated alkanes) is 1. The Balaban J connectivity index is 0.00000272.